The summed E-state index contributed by atoms with van der Waals surface area (Å²) in [6.45, 7) is 2.37. The average molecular weight is 245 g/mol. The van der Waals surface area contributed by atoms with E-state index in [1.54, 1.807) is 7.11 Å². The maximum Gasteiger partial charge on any atom is 0.0841 e. The molecule has 2 aromatic rings. The van der Waals surface area contributed by atoms with Gasteiger partial charge < -0.3 is 10.1 Å². The third-order valence-corrected chi connectivity index (χ3v) is 3.38. The van der Waals surface area contributed by atoms with Crippen LogP contribution in [0.25, 0.3) is 10.9 Å². The molecular weight excluding hydrogens is 226 g/mol. The zero-order valence-corrected chi connectivity index (χ0v) is 10.7. The van der Waals surface area contributed by atoms with Crippen LogP contribution in [0, 0.1) is 0 Å². The molecule has 0 saturated heterocycles. The van der Waals surface area contributed by atoms with Gasteiger partial charge in [0.05, 0.1) is 24.4 Å². The molecule has 0 bridgehead atoms. The molecule has 0 aliphatic heterocycles. The van der Waals surface area contributed by atoms with Gasteiger partial charge in [0.25, 0.3) is 0 Å². The van der Waals surface area contributed by atoms with Crippen molar-refractivity contribution in [1.82, 2.24) is 15.1 Å². The van der Waals surface area contributed by atoms with Crippen molar-refractivity contribution in [3.8, 4) is 0 Å². The molecule has 96 valence electrons. The van der Waals surface area contributed by atoms with Gasteiger partial charge in [-0.2, -0.15) is 5.10 Å². The zero-order valence-electron chi connectivity index (χ0n) is 10.7. The zero-order chi connectivity index (χ0) is 12.4. The topological polar surface area (TPSA) is 39.1 Å². The van der Waals surface area contributed by atoms with E-state index in [1.807, 2.05) is 4.68 Å². The molecule has 18 heavy (non-hydrogen) atoms. The molecule has 1 heterocycles. The monoisotopic (exact) mass is 245 g/mol. The van der Waals surface area contributed by atoms with E-state index in [4.69, 9.17) is 9.84 Å². The van der Waals surface area contributed by atoms with E-state index < -0.39 is 0 Å². The molecular formula is C14H19N3O. The Labute approximate surface area is 107 Å². The third kappa shape index (κ3) is 2.40. The number of rotatable bonds is 6. The number of nitrogens with one attached hydrogen (secondary N) is 1. The number of hydrogen-bond acceptors (Lipinski definition) is 3. The van der Waals surface area contributed by atoms with Crippen molar-refractivity contribution in [3.05, 3.63) is 30.0 Å². The summed E-state index contributed by atoms with van der Waals surface area (Å²) in [5.74, 6) is 0. The molecule has 1 fully saturated rings. The van der Waals surface area contributed by atoms with E-state index in [0.29, 0.717) is 12.6 Å². The molecule has 4 heteroatoms. The fourth-order valence-electron chi connectivity index (χ4n) is 2.20. The minimum Gasteiger partial charge on any atom is -0.383 e. The van der Waals surface area contributed by atoms with Crippen molar-refractivity contribution in [2.24, 2.45) is 0 Å². The van der Waals surface area contributed by atoms with E-state index in [2.05, 4.69) is 29.6 Å². The van der Waals surface area contributed by atoms with Crippen LogP contribution in [0.4, 0.5) is 0 Å². The third-order valence-electron chi connectivity index (χ3n) is 3.38. The highest BCUT2D eigenvalue weighted by Gasteiger charge is 2.21. The number of fused-ring (bicyclic) bond motifs is 1. The van der Waals surface area contributed by atoms with Crippen LogP contribution in [0.1, 0.15) is 18.5 Å². The molecule has 4 nitrogen and oxygen atoms in total. The molecule has 0 spiro atoms. The predicted molar refractivity (Wildman–Crippen MR) is 71.5 cm³/mol. The molecule has 1 N–H and O–H groups in total. The summed E-state index contributed by atoms with van der Waals surface area (Å²) in [4.78, 5) is 0. The van der Waals surface area contributed by atoms with Crippen LogP contribution in [-0.4, -0.2) is 29.5 Å². The highest BCUT2D eigenvalue weighted by Crippen LogP contribution is 2.22. The van der Waals surface area contributed by atoms with Crippen LogP contribution in [0.2, 0.25) is 0 Å². The maximum atomic E-state index is 5.14. The second-order valence-electron chi connectivity index (χ2n) is 4.83. The van der Waals surface area contributed by atoms with E-state index in [9.17, 15) is 0 Å². The molecule has 3 rings (SSSR count). The van der Waals surface area contributed by atoms with Crippen LogP contribution in [0.15, 0.2) is 24.3 Å². The summed E-state index contributed by atoms with van der Waals surface area (Å²) >= 11 is 0. The van der Waals surface area contributed by atoms with Crippen LogP contribution < -0.4 is 5.32 Å². The first-order valence-corrected chi connectivity index (χ1v) is 6.55. The van der Waals surface area contributed by atoms with Crippen LogP contribution in [-0.2, 0) is 17.8 Å². The Balaban J connectivity index is 1.86. The van der Waals surface area contributed by atoms with Crippen molar-refractivity contribution in [3.63, 3.8) is 0 Å². The SMILES string of the molecule is COCCn1nc(CNC2CC2)c2ccccc21. The minimum absolute atomic E-state index is 0.696. The van der Waals surface area contributed by atoms with Gasteiger partial charge in [-0.1, -0.05) is 18.2 Å². The quantitative estimate of drug-likeness (QED) is 0.845. The maximum absolute atomic E-state index is 5.14. The molecule has 0 radical (unpaired) electrons. The first kappa shape index (κ1) is 11.7. The predicted octanol–water partition coefficient (Wildman–Crippen LogP) is 1.93. The largest absolute Gasteiger partial charge is 0.383 e. The minimum atomic E-state index is 0.696. The average Bonchev–Trinajstić information content (AvgIpc) is 3.17. The van der Waals surface area contributed by atoms with Crippen molar-refractivity contribution >= 4 is 10.9 Å². The van der Waals surface area contributed by atoms with Gasteiger partial charge in [0.2, 0.25) is 0 Å². The molecule has 0 amide bonds. The number of nitrogens with zero attached hydrogens (tertiary/aromatic N) is 2. The number of methoxy groups -OCH3 is 1. The standard InChI is InChI=1S/C14H19N3O/c1-18-9-8-17-14-5-3-2-4-12(14)13(16-17)10-15-11-6-7-11/h2-5,11,15H,6-10H2,1H3. The second kappa shape index (κ2) is 5.08. The Kier molecular flexibility index (Phi) is 3.30. The first-order valence-electron chi connectivity index (χ1n) is 6.55. The lowest BCUT2D eigenvalue weighted by Crippen LogP contribution is -2.16. The van der Waals surface area contributed by atoms with Gasteiger partial charge in [0.1, 0.15) is 0 Å². The number of ether oxygens (including phenoxy) is 1. The lowest BCUT2D eigenvalue weighted by molar-refractivity contribution is 0.184. The highest BCUT2D eigenvalue weighted by atomic mass is 16.5. The molecule has 1 aromatic carbocycles. The van der Waals surface area contributed by atoms with Crippen molar-refractivity contribution < 1.29 is 4.74 Å². The van der Waals surface area contributed by atoms with Gasteiger partial charge in [-0.05, 0) is 18.9 Å². The number of para-hydroxylation sites is 1. The summed E-state index contributed by atoms with van der Waals surface area (Å²) in [5.41, 5.74) is 2.34. The van der Waals surface area contributed by atoms with Gasteiger partial charge in [-0.15, -0.1) is 0 Å². The van der Waals surface area contributed by atoms with Gasteiger partial charge in [-0.25, -0.2) is 0 Å². The van der Waals surface area contributed by atoms with Crippen LogP contribution in [0.3, 0.4) is 0 Å². The molecule has 0 unspecified atom stereocenters. The Bertz CT molecular complexity index is 531. The molecule has 1 aliphatic carbocycles. The Morgan fingerprint density at radius 1 is 1.39 bits per heavy atom. The fourth-order valence-corrected chi connectivity index (χ4v) is 2.20. The molecule has 1 saturated carbocycles. The molecule has 0 atom stereocenters. The van der Waals surface area contributed by atoms with Crippen molar-refractivity contribution in [2.45, 2.75) is 32.0 Å². The van der Waals surface area contributed by atoms with Gasteiger partial charge >= 0.3 is 0 Å². The number of benzene rings is 1. The summed E-state index contributed by atoms with van der Waals surface area (Å²) in [7, 11) is 1.72. The van der Waals surface area contributed by atoms with E-state index >= 15 is 0 Å². The Morgan fingerprint density at radius 2 is 2.22 bits per heavy atom. The van der Waals surface area contributed by atoms with E-state index in [0.717, 1.165) is 18.8 Å². The normalized spacial score (nSPS) is 15.4. The summed E-state index contributed by atoms with van der Waals surface area (Å²) in [6.07, 6.45) is 2.62. The van der Waals surface area contributed by atoms with Crippen LogP contribution >= 0.6 is 0 Å². The second-order valence-corrected chi connectivity index (χ2v) is 4.83. The molecule has 1 aromatic heterocycles. The lowest BCUT2D eigenvalue weighted by atomic mass is 10.2. The lowest BCUT2D eigenvalue weighted by Gasteiger charge is -2.01. The summed E-state index contributed by atoms with van der Waals surface area (Å²) in [5, 5.41) is 9.48. The Morgan fingerprint density at radius 3 is 3.00 bits per heavy atom. The fraction of sp³-hybridized carbons (Fsp3) is 0.500. The van der Waals surface area contributed by atoms with Crippen molar-refractivity contribution in [1.29, 1.82) is 0 Å². The highest BCUT2D eigenvalue weighted by molar-refractivity contribution is 5.81. The first-order chi connectivity index (χ1) is 8.88. The number of aromatic nitrogens is 2. The summed E-state index contributed by atoms with van der Waals surface area (Å²) in [6, 6.07) is 9.12. The van der Waals surface area contributed by atoms with Gasteiger partial charge in [0, 0.05) is 25.1 Å². The number of hydrogen-bond donors (Lipinski definition) is 1. The molecule has 1 aliphatic rings. The van der Waals surface area contributed by atoms with E-state index in [-0.39, 0.29) is 0 Å². The van der Waals surface area contributed by atoms with Crippen LogP contribution in [0.5, 0.6) is 0 Å². The van der Waals surface area contributed by atoms with E-state index in [1.165, 1.54) is 23.7 Å². The van der Waals surface area contributed by atoms with Crippen molar-refractivity contribution in [2.75, 3.05) is 13.7 Å². The summed E-state index contributed by atoms with van der Waals surface area (Å²) < 4.78 is 7.18. The smallest absolute Gasteiger partial charge is 0.0841 e. The van der Waals surface area contributed by atoms with Gasteiger partial charge in [0.15, 0.2) is 0 Å². The van der Waals surface area contributed by atoms with Gasteiger partial charge in [-0.3, -0.25) is 4.68 Å². The Hall–Kier alpha value is -1.39.